The number of ether oxygens (including phenoxy) is 1. The number of fused-ring (bicyclic) bond motifs is 1. The molecule has 5 nitrogen and oxygen atoms in total. The van der Waals surface area contributed by atoms with Gasteiger partial charge in [0.25, 0.3) is 0 Å². The van der Waals surface area contributed by atoms with E-state index in [2.05, 4.69) is 10.3 Å². The van der Waals surface area contributed by atoms with Gasteiger partial charge >= 0.3 is 6.09 Å². The topological polar surface area (TPSA) is 55.6 Å². The van der Waals surface area contributed by atoms with Crippen molar-refractivity contribution >= 4 is 23.3 Å². The fourth-order valence-corrected chi connectivity index (χ4v) is 1.73. The van der Waals surface area contributed by atoms with Crippen LogP contribution in [0.15, 0.2) is 24.5 Å². The highest BCUT2D eigenvalue weighted by Gasteiger charge is 2.16. The van der Waals surface area contributed by atoms with E-state index in [-0.39, 0.29) is 0 Å². The Morgan fingerprint density at radius 3 is 2.95 bits per heavy atom. The molecule has 0 atom stereocenters. The predicted octanol–water partition coefficient (Wildman–Crippen LogP) is 3.01. The average molecular weight is 282 g/mol. The quantitative estimate of drug-likeness (QED) is 0.920. The highest BCUT2D eigenvalue weighted by Crippen LogP contribution is 2.12. The van der Waals surface area contributed by atoms with Crippen LogP contribution < -0.4 is 5.32 Å². The van der Waals surface area contributed by atoms with Gasteiger partial charge in [0.1, 0.15) is 11.2 Å². The number of aromatic nitrogens is 2. The second-order valence-corrected chi connectivity index (χ2v) is 5.63. The molecule has 102 valence electrons. The molecule has 1 N–H and O–H groups in total. The second-order valence-electron chi connectivity index (χ2n) is 5.20. The van der Waals surface area contributed by atoms with E-state index in [9.17, 15) is 4.79 Å². The first kappa shape index (κ1) is 13.7. The molecule has 0 saturated carbocycles. The molecule has 0 aromatic carbocycles. The van der Waals surface area contributed by atoms with E-state index in [1.165, 1.54) is 0 Å². The van der Waals surface area contributed by atoms with E-state index < -0.39 is 11.7 Å². The van der Waals surface area contributed by atoms with Gasteiger partial charge in [0.2, 0.25) is 0 Å². The van der Waals surface area contributed by atoms with Crippen molar-refractivity contribution in [2.45, 2.75) is 32.9 Å². The third kappa shape index (κ3) is 3.86. The summed E-state index contributed by atoms with van der Waals surface area (Å²) in [5.74, 6) is 0. The average Bonchev–Trinajstić information content (AvgIpc) is 2.66. The number of amides is 1. The van der Waals surface area contributed by atoms with E-state index in [0.717, 1.165) is 11.3 Å². The fourth-order valence-electron chi connectivity index (χ4n) is 1.57. The molecule has 6 heteroatoms. The molecule has 0 bridgehead atoms. The van der Waals surface area contributed by atoms with E-state index in [1.807, 2.05) is 37.6 Å². The number of carbonyl (C=O) groups is 1. The molecule has 0 spiro atoms. The highest BCUT2D eigenvalue weighted by molar-refractivity contribution is 6.30. The van der Waals surface area contributed by atoms with Gasteiger partial charge in [-0.25, -0.2) is 9.78 Å². The van der Waals surface area contributed by atoms with Crippen molar-refractivity contribution in [2.75, 3.05) is 0 Å². The number of alkyl carbamates (subject to hydrolysis) is 1. The van der Waals surface area contributed by atoms with Crippen molar-refractivity contribution in [1.29, 1.82) is 0 Å². The summed E-state index contributed by atoms with van der Waals surface area (Å²) in [5, 5.41) is 3.29. The Morgan fingerprint density at radius 2 is 2.26 bits per heavy atom. The lowest BCUT2D eigenvalue weighted by Gasteiger charge is -2.19. The summed E-state index contributed by atoms with van der Waals surface area (Å²) in [6.45, 7) is 5.77. The standard InChI is InChI=1S/C13H16ClN3O2/c1-13(2,3)19-12(18)15-7-10-8-17-5-4-9(14)6-11(17)16-10/h4-6,8H,7H2,1-3H3,(H,15,18). The molecule has 0 fully saturated rings. The molecule has 0 radical (unpaired) electrons. The summed E-state index contributed by atoms with van der Waals surface area (Å²) in [6, 6.07) is 3.54. The van der Waals surface area contributed by atoms with Crippen LogP contribution in [-0.4, -0.2) is 21.1 Å². The molecule has 0 aliphatic rings. The minimum Gasteiger partial charge on any atom is -0.444 e. The van der Waals surface area contributed by atoms with Gasteiger partial charge in [0.15, 0.2) is 0 Å². The lowest BCUT2D eigenvalue weighted by Crippen LogP contribution is -2.32. The number of halogens is 1. The van der Waals surface area contributed by atoms with Crippen LogP contribution in [0.1, 0.15) is 26.5 Å². The lowest BCUT2D eigenvalue weighted by molar-refractivity contribution is 0.0523. The second kappa shape index (κ2) is 5.09. The minimum atomic E-state index is -0.503. The van der Waals surface area contributed by atoms with Gasteiger partial charge in [-0.05, 0) is 32.9 Å². The Hall–Kier alpha value is -1.75. The monoisotopic (exact) mass is 281 g/mol. The van der Waals surface area contributed by atoms with E-state index in [1.54, 1.807) is 12.1 Å². The molecule has 2 aromatic rings. The zero-order chi connectivity index (χ0) is 14.0. The maximum Gasteiger partial charge on any atom is 0.407 e. The van der Waals surface area contributed by atoms with Crippen molar-refractivity contribution in [1.82, 2.24) is 14.7 Å². The molecular weight excluding hydrogens is 266 g/mol. The lowest BCUT2D eigenvalue weighted by atomic mass is 10.2. The van der Waals surface area contributed by atoms with E-state index >= 15 is 0 Å². The van der Waals surface area contributed by atoms with Gasteiger partial charge in [-0.3, -0.25) is 0 Å². The Labute approximate surface area is 116 Å². The van der Waals surface area contributed by atoms with Crippen molar-refractivity contribution in [2.24, 2.45) is 0 Å². The summed E-state index contributed by atoms with van der Waals surface area (Å²) < 4.78 is 6.99. The van der Waals surface area contributed by atoms with Crippen LogP contribution in [0.5, 0.6) is 0 Å². The van der Waals surface area contributed by atoms with Crippen LogP contribution in [0.25, 0.3) is 5.65 Å². The summed E-state index contributed by atoms with van der Waals surface area (Å²) in [4.78, 5) is 15.9. The number of nitrogens with one attached hydrogen (secondary N) is 1. The molecule has 1 amide bonds. The molecule has 2 rings (SSSR count). The van der Waals surface area contributed by atoms with Gasteiger partial charge in [-0.1, -0.05) is 11.6 Å². The van der Waals surface area contributed by atoms with Gasteiger partial charge < -0.3 is 14.5 Å². The van der Waals surface area contributed by atoms with Gasteiger partial charge in [-0.2, -0.15) is 0 Å². The summed E-state index contributed by atoms with van der Waals surface area (Å²) in [6.07, 6.45) is 3.20. The number of pyridine rings is 1. The van der Waals surface area contributed by atoms with Crippen LogP contribution in [0.3, 0.4) is 0 Å². The smallest absolute Gasteiger partial charge is 0.407 e. The van der Waals surface area contributed by atoms with Crippen molar-refractivity contribution in [3.8, 4) is 0 Å². The molecule has 0 unspecified atom stereocenters. The van der Waals surface area contributed by atoms with Crippen LogP contribution in [0.2, 0.25) is 5.02 Å². The molecular formula is C13H16ClN3O2. The number of imidazole rings is 1. The van der Waals surface area contributed by atoms with Crippen LogP contribution >= 0.6 is 11.6 Å². The van der Waals surface area contributed by atoms with Crippen LogP contribution in [0.4, 0.5) is 4.79 Å². The first-order chi connectivity index (χ1) is 8.83. The van der Waals surface area contributed by atoms with E-state index in [4.69, 9.17) is 16.3 Å². The zero-order valence-electron chi connectivity index (χ0n) is 11.1. The Kier molecular flexibility index (Phi) is 3.66. The highest BCUT2D eigenvalue weighted by atomic mass is 35.5. The first-order valence-corrected chi connectivity index (χ1v) is 6.31. The van der Waals surface area contributed by atoms with Crippen molar-refractivity contribution in [3.05, 3.63) is 35.2 Å². The maximum absolute atomic E-state index is 11.5. The Balaban J connectivity index is 2.00. The number of hydrogen-bond acceptors (Lipinski definition) is 3. The molecule has 0 saturated heterocycles. The summed E-state index contributed by atoms with van der Waals surface area (Å²) in [5.41, 5.74) is 0.984. The largest absolute Gasteiger partial charge is 0.444 e. The molecule has 2 aromatic heterocycles. The third-order valence-corrected chi connectivity index (χ3v) is 2.52. The van der Waals surface area contributed by atoms with E-state index in [0.29, 0.717) is 11.6 Å². The van der Waals surface area contributed by atoms with Gasteiger partial charge in [0.05, 0.1) is 12.2 Å². The third-order valence-electron chi connectivity index (χ3n) is 2.28. The Morgan fingerprint density at radius 1 is 1.53 bits per heavy atom. The number of rotatable bonds is 2. The van der Waals surface area contributed by atoms with Crippen molar-refractivity contribution < 1.29 is 9.53 Å². The predicted molar refractivity (Wildman–Crippen MR) is 73.3 cm³/mol. The number of hydrogen-bond donors (Lipinski definition) is 1. The molecule has 2 heterocycles. The number of carbonyl (C=O) groups excluding carboxylic acids is 1. The normalized spacial score (nSPS) is 11.6. The van der Waals surface area contributed by atoms with Crippen molar-refractivity contribution in [3.63, 3.8) is 0 Å². The van der Waals surface area contributed by atoms with Crippen LogP contribution in [-0.2, 0) is 11.3 Å². The maximum atomic E-state index is 11.5. The van der Waals surface area contributed by atoms with Gasteiger partial charge in [-0.15, -0.1) is 0 Å². The number of nitrogens with zero attached hydrogens (tertiary/aromatic N) is 2. The SMILES string of the molecule is CC(C)(C)OC(=O)NCc1cn2ccc(Cl)cc2n1. The zero-order valence-corrected chi connectivity index (χ0v) is 11.9. The molecule has 19 heavy (non-hydrogen) atoms. The summed E-state index contributed by atoms with van der Waals surface area (Å²) >= 11 is 5.89. The molecule has 0 aliphatic carbocycles. The summed E-state index contributed by atoms with van der Waals surface area (Å²) in [7, 11) is 0. The van der Waals surface area contributed by atoms with Gasteiger partial charge in [0, 0.05) is 17.4 Å². The fraction of sp³-hybridized carbons (Fsp3) is 0.385. The molecule has 0 aliphatic heterocycles. The Bertz CT molecular complexity index is 601. The minimum absolute atomic E-state index is 0.314. The van der Waals surface area contributed by atoms with Crippen LogP contribution in [0, 0.1) is 0 Å². The first-order valence-electron chi connectivity index (χ1n) is 5.93.